The minimum absolute atomic E-state index is 0.00731. The van der Waals surface area contributed by atoms with Crippen molar-refractivity contribution in [2.45, 2.75) is 24.4 Å². The number of aliphatic hydroxyl groups is 3. The van der Waals surface area contributed by atoms with Gasteiger partial charge in [-0.1, -0.05) is 0 Å². The van der Waals surface area contributed by atoms with Crippen LogP contribution >= 0.6 is 0 Å². The van der Waals surface area contributed by atoms with Gasteiger partial charge in [-0.2, -0.15) is 0 Å². The summed E-state index contributed by atoms with van der Waals surface area (Å²) in [6.07, 6.45) is 1.33. The highest BCUT2D eigenvalue weighted by Crippen LogP contribution is 2.31. The minimum Gasteiger partial charge on any atom is -0.394 e. The first kappa shape index (κ1) is 17.0. The molecule has 0 aliphatic carbocycles. The molecular formula is C13H16N4O6. The Morgan fingerprint density at radius 1 is 1.17 bits per heavy atom. The maximum Gasteiger partial charge on any atom is 0.325 e. The van der Waals surface area contributed by atoms with Crippen LogP contribution in [0.2, 0.25) is 0 Å². The van der Waals surface area contributed by atoms with Crippen LogP contribution in [0.25, 0.3) is 0 Å². The molecule has 10 nitrogen and oxygen atoms in total. The van der Waals surface area contributed by atoms with Crippen molar-refractivity contribution < 1.29 is 20.1 Å². The molecule has 0 amide bonds. The van der Waals surface area contributed by atoms with Crippen molar-refractivity contribution in [3.63, 3.8) is 0 Å². The Morgan fingerprint density at radius 3 is 2.30 bits per heavy atom. The number of nitrogens with zero attached hydrogens (tertiary/aromatic N) is 2. The van der Waals surface area contributed by atoms with Crippen LogP contribution in [-0.2, 0) is 4.74 Å². The van der Waals surface area contributed by atoms with Crippen molar-refractivity contribution >= 4 is 0 Å². The summed E-state index contributed by atoms with van der Waals surface area (Å²) in [5, 5.41) is 28.1. The lowest BCUT2D eigenvalue weighted by atomic mass is 10.0. The highest BCUT2D eigenvalue weighted by atomic mass is 16.6. The van der Waals surface area contributed by atoms with Gasteiger partial charge in [-0.15, -0.1) is 0 Å². The largest absolute Gasteiger partial charge is 0.394 e. The summed E-state index contributed by atoms with van der Waals surface area (Å²) < 4.78 is 5.15. The molecule has 10 heteroatoms. The summed E-state index contributed by atoms with van der Waals surface area (Å²) in [5.41, 5.74) is -1.39. The van der Waals surface area contributed by atoms with Gasteiger partial charge in [0.1, 0.15) is 30.7 Å². The molecule has 5 N–H and O–H groups in total. The Labute approximate surface area is 129 Å². The second-order valence-corrected chi connectivity index (χ2v) is 4.69. The summed E-state index contributed by atoms with van der Waals surface area (Å²) >= 11 is 0. The zero-order valence-corrected chi connectivity index (χ0v) is 11.9. The lowest BCUT2D eigenvalue weighted by molar-refractivity contribution is -0.0232. The Balaban J connectivity index is 0.000000268. The first-order chi connectivity index (χ1) is 11.0. The summed E-state index contributed by atoms with van der Waals surface area (Å²) in [6.45, 7) is -0.476. The van der Waals surface area contributed by atoms with Gasteiger partial charge in [0.15, 0.2) is 0 Å². The van der Waals surface area contributed by atoms with Gasteiger partial charge >= 0.3 is 5.69 Å². The zero-order chi connectivity index (χ0) is 16.8. The fourth-order valence-electron chi connectivity index (χ4n) is 2.04. The summed E-state index contributed by atoms with van der Waals surface area (Å²) in [4.78, 5) is 33.9. The number of aliphatic hydroxyl groups excluding tert-OH is 3. The third-order valence-electron chi connectivity index (χ3n) is 3.17. The summed E-state index contributed by atoms with van der Waals surface area (Å²) in [6, 6.07) is 1.78. The smallest absolute Gasteiger partial charge is 0.325 e. The lowest BCUT2D eigenvalue weighted by Crippen LogP contribution is -2.34. The Hall–Kier alpha value is -2.40. The molecule has 0 saturated carbocycles. The van der Waals surface area contributed by atoms with Crippen molar-refractivity contribution in [3.05, 3.63) is 57.4 Å². The molecule has 1 fully saturated rings. The van der Waals surface area contributed by atoms with E-state index in [1.807, 2.05) is 4.98 Å². The van der Waals surface area contributed by atoms with Crippen LogP contribution in [0.1, 0.15) is 11.7 Å². The third kappa shape index (κ3) is 4.07. The second-order valence-electron chi connectivity index (χ2n) is 4.69. The van der Waals surface area contributed by atoms with Gasteiger partial charge in [-0.25, -0.2) is 14.8 Å². The first-order valence-corrected chi connectivity index (χ1v) is 6.69. The molecule has 0 radical (unpaired) electrons. The molecule has 0 bridgehead atoms. The van der Waals surface area contributed by atoms with Crippen LogP contribution in [0.5, 0.6) is 0 Å². The molecule has 0 aromatic carbocycles. The maximum absolute atomic E-state index is 11.5. The average Bonchev–Trinajstić information content (AvgIpc) is 2.85. The van der Waals surface area contributed by atoms with E-state index >= 15 is 0 Å². The van der Waals surface area contributed by atoms with Crippen molar-refractivity contribution in [1.29, 1.82) is 0 Å². The highest BCUT2D eigenvalue weighted by molar-refractivity contribution is 5.13. The molecule has 0 spiro atoms. The molecule has 4 atom stereocenters. The van der Waals surface area contributed by atoms with Crippen LogP contribution in [0.15, 0.2) is 40.6 Å². The number of nitrogens with one attached hydrogen (secondary N) is 2. The average molecular weight is 324 g/mol. The Morgan fingerprint density at radius 2 is 1.87 bits per heavy atom. The van der Waals surface area contributed by atoms with Gasteiger partial charge in [0.25, 0.3) is 5.56 Å². The van der Waals surface area contributed by atoms with E-state index in [-0.39, 0.29) is 5.56 Å². The molecule has 23 heavy (non-hydrogen) atoms. The van der Waals surface area contributed by atoms with Crippen molar-refractivity contribution in [3.8, 4) is 0 Å². The monoisotopic (exact) mass is 324 g/mol. The topological polar surface area (TPSA) is 161 Å². The van der Waals surface area contributed by atoms with E-state index in [9.17, 15) is 19.8 Å². The standard InChI is InChI=1S/C9H12N2O6.C4H4N2/c12-2-4-5(13)6(14)7(17-4)3-1-10-9(16)11-8(3)15;1-2-5-4-6-3-1/h1,4-7,12-14H,2H2,(H2,10,11,15,16);1-4H/t4-,5-,6-,7+;/m1./s1. The summed E-state index contributed by atoms with van der Waals surface area (Å²) in [5.74, 6) is 0. The predicted octanol–water partition coefficient (Wildman–Crippen LogP) is -2.31. The molecule has 0 unspecified atom stereocenters. The van der Waals surface area contributed by atoms with Crippen LogP contribution in [0, 0.1) is 0 Å². The molecule has 124 valence electrons. The van der Waals surface area contributed by atoms with Gasteiger partial charge in [0.05, 0.1) is 12.2 Å². The molecule has 1 aliphatic rings. The maximum atomic E-state index is 11.5. The van der Waals surface area contributed by atoms with Crippen LogP contribution in [0.4, 0.5) is 0 Å². The normalized spacial score (nSPS) is 26.4. The molecular weight excluding hydrogens is 308 g/mol. The lowest BCUT2D eigenvalue weighted by Gasteiger charge is -2.13. The van der Waals surface area contributed by atoms with Crippen molar-refractivity contribution in [2.24, 2.45) is 0 Å². The van der Waals surface area contributed by atoms with E-state index in [0.717, 1.165) is 6.20 Å². The van der Waals surface area contributed by atoms with Gasteiger partial charge in [0, 0.05) is 18.6 Å². The number of rotatable bonds is 2. The quantitative estimate of drug-likeness (QED) is 0.412. The number of H-pyrrole nitrogens is 2. The number of ether oxygens (including phenoxy) is 1. The minimum atomic E-state index is -1.33. The van der Waals surface area contributed by atoms with E-state index in [0.29, 0.717) is 0 Å². The number of hydrogen-bond donors (Lipinski definition) is 5. The van der Waals surface area contributed by atoms with Crippen LogP contribution < -0.4 is 11.2 Å². The van der Waals surface area contributed by atoms with E-state index in [4.69, 9.17) is 9.84 Å². The Bertz CT molecular complexity index is 691. The van der Waals surface area contributed by atoms with Crippen molar-refractivity contribution in [2.75, 3.05) is 6.61 Å². The van der Waals surface area contributed by atoms with Crippen LogP contribution in [0.3, 0.4) is 0 Å². The van der Waals surface area contributed by atoms with E-state index in [2.05, 4.69) is 15.0 Å². The molecule has 2 aromatic rings. The Kier molecular flexibility index (Phi) is 5.71. The molecule has 1 aliphatic heterocycles. The first-order valence-electron chi connectivity index (χ1n) is 6.69. The van der Waals surface area contributed by atoms with Crippen LogP contribution in [-0.4, -0.2) is 60.2 Å². The molecule has 3 heterocycles. The fourth-order valence-corrected chi connectivity index (χ4v) is 2.04. The molecule has 2 aromatic heterocycles. The summed E-state index contributed by atoms with van der Waals surface area (Å²) in [7, 11) is 0. The van der Waals surface area contributed by atoms with E-state index in [1.165, 1.54) is 6.33 Å². The van der Waals surface area contributed by atoms with Crippen molar-refractivity contribution in [1.82, 2.24) is 19.9 Å². The second kappa shape index (κ2) is 7.74. The zero-order valence-electron chi connectivity index (χ0n) is 11.9. The third-order valence-corrected chi connectivity index (χ3v) is 3.17. The fraction of sp³-hybridized carbons (Fsp3) is 0.385. The number of aromatic amines is 2. The number of hydrogen-bond acceptors (Lipinski definition) is 8. The van der Waals surface area contributed by atoms with Gasteiger partial charge in [-0.05, 0) is 6.07 Å². The van der Waals surface area contributed by atoms with E-state index in [1.54, 1.807) is 18.5 Å². The molecule has 1 saturated heterocycles. The van der Waals surface area contributed by atoms with E-state index < -0.39 is 42.3 Å². The van der Waals surface area contributed by atoms with Gasteiger partial charge < -0.3 is 25.0 Å². The van der Waals surface area contributed by atoms with Gasteiger partial charge in [-0.3, -0.25) is 9.78 Å². The highest BCUT2D eigenvalue weighted by Gasteiger charge is 2.44. The predicted molar refractivity (Wildman–Crippen MR) is 76.4 cm³/mol. The SMILES string of the molecule is O=c1[nH]cc([C@@H]2O[C@H](CO)[C@@H](O)[C@H]2O)c(=O)[nH]1.c1cncnc1. The number of aromatic nitrogens is 4. The van der Waals surface area contributed by atoms with Gasteiger partial charge in [0.2, 0.25) is 0 Å². The molecule has 3 rings (SSSR count).